The van der Waals surface area contributed by atoms with Crippen molar-refractivity contribution in [1.82, 2.24) is 9.88 Å². The fourth-order valence-corrected chi connectivity index (χ4v) is 5.67. The van der Waals surface area contributed by atoms with E-state index in [9.17, 15) is 14.7 Å². The van der Waals surface area contributed by atoms with Gasteiger partial charge in [-0.2, -0.15) is 0 Å². The molecular formula is C38H42N2O6. The van der Waals surface area contributed by atoms with Crippen molar-refractivity contribution in [2.24, 2.45) is 0 Å². The summed E-state index contributed by atoms with van der Waals surface area (Å²) >= 11 is 0. The molecule has 1 atom stereocenters. The second-order valence-corrected chi connectivity index (χ2v) is 11.5. The highest BCUT2D eigenvalue weighted by Gasteiger charge is 2.22. The number of nitrogens with zero attached hydrogens (tertiary/aromatic N) is 2. The van der Waals surface area contributed by atoms with Crippen LogP contribution in [0.15, 0.2) is 90.6 Å². The number of aliphatic hydroxyl groups excluding tert-OH is 1. The van der Waals surface area contributed by atoms with Crippen molar-refractivity contribution >= 4 is 28.4 Å². The minimum Gasteiger partial charge on any atom is -0.490 e. The van der Waals surface area contributed by atoms with E-state index in [0.717, 1.165) is 66.4 Å². The van der Waals surface area contributed by atoms with E-state index >= 15 is 0 Å². The first-order valence-electron chi connectivity index (χ1n) is 16.1. The second-order valence-electron chi connectivity index (χ2n) is 11.5. The van der Waals surface area contributed by atoms with Gasteiger partial charge in [-0.25, -0.2) is 9.59 Å². The van der Waals surface area contributed by atoms with Gasteiger partial charge in [0.15, 0.2) is 0 Å². The van der Waals surface area contributed by atoms with Crippen LogP contribution in [0.2, 0.25) is 0 Å². The minimum absolute atomic E-state index is 0.193. The Morgan fingerprint density at radius 3 is 1.91 bits per heavy atom. The molecule has 46 heavy (non-hydrogen) atoms. The largest absolute Gasteiger partial charge is 0.490 e. The Bertz CT molecular complexity index is 1570. The number of fused-ring (bicyclic) bond motifs is 1. The molecule has 0 spiro atoms. The van der Waals surface area contributed by atoms with Gasteiger partial charge in [-0.1, -0.05) is 49.8 Å². The average Bonchev–Trinajstić information content (AvgIpc) is 3.10. The van der Waals surface area contributed by atoms with E-state index < -0.39 is 6.10 Å². The van der Waals surface area contributed by atoms with Gasteiger partial charge in [-0.15, -0.1) is 0 Å². The molecule has 1 N–H and O–H groups in total. The highest BCUT2D eigenvalue weighted by Crippen LogP contribution is 2.33. The molecular weight excluding hydrogens is 580 g/mol. The Morgan fingerprint density at radius 1 is 0.783 bits per heavy atom. The van der Waals surface area contributed by atoms with Crippen molar-refractivity contribution in [1.29, 1.82) is 0 Å². The molecule has 8 nitrogen and oxygen atoms in total. The Kier molecular flexibility index (Phi) is 11.5. The maximum atomic E-state index is 12.4. The van der Waals surface area contributed by atoms with Crippen molar-refractivity contribution < 1.29 is 28.9 Å². The lowest BCUT2D eigenvalue weighted by Gasteiger charge is -2.31. The average molecular weight is 623 g/mol. The monoisotopic (exact) mass is 622 g/mol. The van der Waals surface area contributed by atoms with Crippen molar-refractivity contribution in [3.05, 3.63) is 113 Å². The smallest absolute Gasteiger partial charge is 0.338 e. The van der Waals surface area contributed by atoms with Crippen molar-refractivity contribution in [2.45, 2.75) is 45.6 Å². The molecule has 0 saturated carbocycles. The van der Waals surface area contributed by atoms with E-state index in [2.05, 4.69) is 9.88 Å². The number of aliphatic hydroxyl groups is 1. The van der Waals surface area contributed by atoms with Gasteiger partial charge in [0.2, 0.25) is 0 Å². The zero-order chi connectivity index (χ0) is 32.3. The fourth-order valence-electron chi connectivity index (χ4n) is 5.67. The van der Waals surface area contributed by atoms with Crippen molar-refractivity contribution in [2.75, 3.05) is 39.5 Å². The van der Waals surface area contributed by atoms with Crippen molar-refractivity contribution in [3.63, 3.8) is 0 Å². The van der Waals surface area contributed by atoms with Crippen LogP contribution in [0.1, 0.15) is 71.4 Å². The highest BCUT2D eigenvalue weighted by atomic mass is 16.5. The molecule has 1 aromatic heterocycles. The second kappa shape index (κ2) is 16.2. The number of hydrogen-bond donors (Lipinski definition) is 1. The molecule has 1 unspecified atom stereocenters. The summed E-state index contributed by atoms with van der Waals surface area (Å²) in [7, 11) is 0. The molecule has 0 aliphatic carbocycles. The number of carbonyl (C=O) groups is 2. The van der Waals surface area contributed by atoms with Crippen LogP contribution < -0.4 is 4.74 Å². The predicted molar refractivity (Wildman–Crippen MR) is 179 cm³/mol. The SMILES string of the molecule is CCCOC(=O)c1ccc(C(=C2CCN(CC(O)COc3cccc4ncccc34)CC2)c2ccc(C(=O)OCCC)cc2)cc1. The van der Waals surface area contributed by atoms with Crippen LogP contribution in [-0.4, -0.2) is 72.5 Å². The number of pyridine rings is 1. The standard InChI is InChI=1S/C38H42N2O6/c1-3-23-44-37(42)30-14-10-27(11-15-30)36(28-12-16-31(17-13-28)38(43)45-24-4-2)29-18-21-40(22-19-29)25-32(41)26-46-35-9-5-8-34-33(35)7-6-20-39-34/h5-17,20,32,41H,3-4,18-19,21-26H2,1-2H3. The highest BCUT2D eigenvalue weighted by molar-refractivity contribution is 5.92. The van der Waals surface area contributed by atoms with E-state index in [-0.39, 0.29) is 18.5 Å². The van der Waals surface area contributed by atoms with Gasteiger partial charge >= 0.3 is 11.9 Å². The molecule has 0 radical (unpaired) electrons. The first kappa shape index (κ1) is 32.9. The lowest BCUT2D eigenvalue weighted by molar-refractivity contribution is 0.0496. The summed E-state index contributed by atoms with van der Waals surface area (Å²) in [5, 5.41) is 11.8. The summed E-state index contributed by atoms with van der Waals surface area (Å²) in [5.74, 6) is 0.0588. The molecule has 0 bridgehead atoms. The Labute approximate surface area is 270 Å². The van der Waals surface area contributed by atoms with Gasteiger partial charge in [0.25, 0.3) is 0 Å². The van der Waals surface area contributed by atoms with Crippen LogP contribution in [0.25, 0.3) is 16.5 Å². The number of β-amino-alcohol motifs (C(OH)–C–C–N with tert-alkyl or cyclic N) is 1. The zero-order valence-corrected chi connectivity index (χ0v) is 26.6. The summed E-state index contributed by atoms with van der Waals surface area (Å²) in [5.41, 5.74) is 6.26. The molecule has 1 aliphatic heterocycles. The molecule has 2 heterocycles. The third-order valence-electron chi connectivity index (χ3n) is 8.01. The summed E-state index contributed by atoms with van der Waals surface area (Å²) < 4.78 is 16.6. The maximum absolute atomic E-state index is 12.4. The van der Waals surface area contributed by atoms with E-state index in [4.69, 9.17) is 14.2 Å². The van der Waals surface area contributed by atoms with E-state index in [0.29, 0.717) is 36.6 Å². The molecule has 8 heteroatoms. The molecule has 1 saturated heterocycles. The first-order valence-corrected chi connectivity index (χ1v) is 16.1. The van der Waals surface area contributed by atoms with Crippen LogP contribution >= 0.6 is 0 Å². The predicted octanol–water partition coefficient (Wildman–Crippen LogP) is 6.71. The van der Waals surface area contributed by atoms with Crippen molar-refractivity contribution in [3.8, 4) is 5.75 Å². The van der Waals surface area contributed by atoms with E-state index in [1.54, 1.807) is 6.20 Å². The molecule has 4 aromatic rings. The van der Waals surface area contributed by atoms with Crippen LogP contribution in [0.5, 0.6) is 5.75 Å². The van der Waals surface area contributed by atoms with Gasteiger partial charge in [0, 0.05) is 31.2 Å². The summed E-state index contributed by atoms with van der Waals surface area (Å²) in [4.78, 5) is 31.5. The Balaban J connectivity index is 1.29. The molecule has 3 aromatic carbocycles. The number of carbonyl (C=O) groups excluding carboxylic acids is 2. The van der Waals surface area contributed by atoms with Gasteiger partial charge in [0.05, 0.1) is 29.9 Å². The number of aromatic nitrogens is 1. The van der Waals surface area contributed by atoms with Gasteiger partial charge < -0.3 is 19.3 Å². The number of ether oxygens (including phenoxy) is 3. The maximum Gasteiger partial charge on any atom is 0.338 e. The van der Waals surface area contributed by atoms with Gasteiger partial charge in [-0.05, 0) is 90.9 Å². The number of benzene rings is 3. The summed E-state index contributed by atoms with van der Waals surface area (Å²) in [6.45, 7) is 6.99. The summed E-state index contributed by atoms with van der Waals surface area (Å²) in [6, 6.07) is 24.7. The van der Waals surface area contributed by atoms with Gasteiger partial charge in [0.1, 0.15) is 18.5 Å². The Hall–Kier alpha value is -4.53. The first-order chi connectivity index (χ1) is 22.5. The number of rotatable bonds is 13. The normalized spacial score (nSPS) is 14.1. The fraction of sp³-hybridized carbons (Fsp3) is 0.342. The number of hydrogen-bond acceptors (Lipinski definition) is 8. The van der Waals surface area contributed by atoms with E-state index in [1.807, 2.05) is 92.7 Å². The lowest BCUT2D eigenvalue weighted by Crippen LogP contribution is -2.39. The third kappa shape index (κ3) is 8.38. The third-order valence-corrected chi connectivity index (χ3v) is 8.01. The number of likely N-dealkylation sites (tertiary alicyclic amines) is 1. The molecule has 240 valence electrons. The van der Waals surface area contributed by atoms with Crippen LogP contribution in [-0.2, 0) is 9.47 Å². The Morgan fingerprint density at radius 2 is 1.35 bits per heavy atom. The zero-order valence-electron chi connectivity index (χ0n) is 26.6. The molecule has 1 aliphatic rings. The minimum atomic E-state index is -0.642. The molecule has 5 rings (SSSR count). The molecule has 0 amide bonds. The molecule has 1 fully saturated rings. The van der Waals surface area contributed by atoms with Gasteiger partial charge in [-0.3, -0.25) is 9.88 Å². The lowest BCUT2D eigenvalue weighted by atomic mass is 9.87. The number of piperidine rings is 1. The topological polar surface area (TPSA) is 98.2 Å². The number of esters is 2. The van der Waals surface area contributed by atoms with Crippen LogP contribution in [0.3, 0.4) is 0 Å². The quantitative estimate of drug-likeness (QED) is 0.165. The van der Waals surface area contributed by atoms with Crippen LogP contribution in [0, 0.1) is 0 Å². The van der Waals surface area contributed by atoms with Crippen LogP contribution in [0.4, 0.5) is 0 Å². The summed E-state index contributed by atoms with van der Waals surface area (Å²) in [6.07, 6.45) is 4.29. The van der Waals surface area contributed by atoms with E-state index in [1.165, 1.54) is 5.57 Å².